The zero-order chi connectivity index (χ0) is 15.6. The van der Waals surface area contributed by atoms with Gasteiger partial charge in [-0.05, 0) is 59.8 Å². The van der Waals surface area contributed by atoms with Crippen LogP contribution in [0.2, 0.25) is 0 Å². The summed E-state index contributed by atoms with van der Waals surface area (Å²) in [6, 6.07) is 2.88. The van der Waals surface area contributed by atoms with Crippen LogP contribution in [0.3, 0.4) is 0 Å². The van der Waals surface area contributed by atoms with E-state index in [0.717, 1.165) is 12.0 Å². The number of aryl methyl sites for hydroxylation is 1. The minimum Gasteiger partial charge on any atom is -0.481 e. The highest BCUT2D eigenvalue weighted by Crippen LogP contribution is 2.31. The molecule has 1 fully saturated rings. The molecule has 114 valence electrons. The number of amides is 1. The molecule has 0 spiro atoms. The maximum atomic E-state index is 13.5. The number of nitrogens with one attached hydrogen (secondary N) is 1. The van der Waals surface area contributed by atoms with Crippen LogP contribution in [-0.4, -0.2) is 17.0 Å². The zero-order valence-corrected chi connectivity index (χ0v) is 13.2. The fourth-order valence-electron chi connectivity index (χ4n) is 2.67. The number of benzene rings is 1. The molecule has 6 heteroatoms. The first-order valence-electron chi connectivity index (χ1n) is 6.87. The van der Waals surface area contributed by atoms with Crippen LogP contribution >= 0.6 is 15.9 Å². The van der Waals surface area contributed by atoms with Crippen LogP contribution in [0, 0.1) is 24.6 Å². The van der Waals surface area contributed by atoms with Crippen LogP contribution in [0.5, 0.6) is 0 Å². The van der Waals surface area contributed by atoms with Gasteiger partial charge in [0.1, 0.15) is 5.82 Å². The Balaban J connectivity index is 2.07. The normalized spacial score (nSPS) is 21.9. The van der Waals surface area contributed by atoms with Crippen molar-refractivity contribution in [2.75, 3.05) is 5.32 Å². The molecule has 0 aromatic heterocycles. The molecule has 1 saturated carbocycles. The molecule has 1 aromatic carbocycles. The smallest absolute Gasteiger partial charge is 0.306 e. The highest BCUT2D eigenvalue weighted by molar-refractivity contribution is 9.10. The molecule has 2 rings (SSSR count). The van der Waals surface area contributed by atoms with Gasteiger partial charge in [0.15, 0.2) is 0 Å². The monoisotopic (exact) mass is 357 g/mol. The van der Waals surface area contributed by atoms with E-state index in [4.69, 9.17) is 5.11 Å². The molecule has 0 radical (unpaired) electrons. The summed E-state index contributed by atoms with van der Waals surface area (Å²) >= 11 is 3.09. The Hall–Kier alpha value is -1.43. The number of carbonyl (C=O) groups excluding carboxylic acids is 1. The Bertz CT molecular complexity index is 576. The van der Waals surface area contributed by atoms with Crippen molar-refractivity contribution in [3.63, 3.8) is 0 Å². The lowest BCUT2D eigenvalue weighted by Gasteiger charge is -2.26. The van der Waals surface area contributed by atoms with Crippen molar-refractivity contribution in [2.24, 2.45) is 11.8 Å². The number of carbonyl (C=O) groups is 2. The van der Waals surface area contributed by atoms with Crippen molar-refractivity contribution in [1.82, 2.24) is 0 Å². The molecule has 1 aliphatic rings. The second-order valence-electron chi connectivity index (χ2n) is 5.47. The van der Waals surface area contributed by atoms with E-state index in [9.17, 15) is 14.0 Å². The standard InChI is InChI=1S/C15H17BrFNO3/c1-8-5-11(16)12(17)7-13(8)18-14(19)9-3-2-4-10(6-9)15(20)21/h5,7,9-10H,2-4,6H2,1H3,(H,18,19)(H,20,21). The van der Waals surface area contributed by atoms with Gasteiger partial charge in [0.05, 0.1) is 10.4 Å². The van der Waals surface area contributed by atoms with E-state index in [1.54, 1.807) is 13.0 Å². The molecule has 1 aromatic rings. The molecule has 2 atom stereocenters. The van der Waals surface area contributed by atoms with Gasteiger partial charge in [-0.25, -0.2) is 4.39 Å². The van der Waals surface area contributed by atoms with Crippen LogP contribution in [0.15, 0.2) is 16.6 Å². The maximum absolute atomic E-state index is 13.5. The number of rotatable bonds is 3. The summed E-state index contributed by atoms with van der Waals surface area (Å²) in [4.78, 5) is 23.3. The van der Waals surface area contributed by atoms with Gasteiger partial charge in [0.25, 0.3) is 0 Å². The van der Waals surface area contributed by atoms with Crippen molar-refractivity contribution in [3.05, 3.63) is 28.0 Å². The Morgan fingerprint density at radius 1 is 1.33 bits per heavy atom. The Kier molecular flexibility index (Phi) is 4.98. The highest BCUT2D eigenvalue weighted by Gasteiger charge is 2.31. The molecular weight excluding hydrogens is 341 g/mol. The number of hydrogen-bond donors (Lipinski definition) is 2. The third kappa shape index (κ3) is 3.81. The molecular formula is C15H17BrFNO3. The van der Waals surface area contributed by atoms with Crippen molar-refractivity contribution >= 4 is 33.5 Å². The van der Waals surface area contributed by atoms with Crippen LogP contribution < -0.4 is 5.32 Å². The lowest BCUT2D eigenvalue weighted by molar-refractivity contribution is -0.143. The molecule has 21 heavy (non-hydrogen) atoms. The Morgan fingerprint density at radius 3 is 2.67 bits per heavy atom. The number of halogens is 2. The third-order valence-electron chi connectivity index (χ3n) is 3.92. The largest absolute Gasteiger partial charge is 0.481 e. The van der Waals surface area contributed by atoms with Crippen LogP contribution in [-0.2, 0) is 9.59 Å². The molecule has 2 N–H and O–H groups in total. The fraction of sp³-hybridized carbons (Fsp3) is 0.467. The summed E-state index contributed by atoms with van der Waals surface area (Å²) in [5, 5.41) is 11.8. The van der Waals surface area contributed by atoms with Gasteiger partial charge in [0.2, 0.25) is 5.91 Å². The summed E-state index contributed by atoms with van der Waals surface area (Å²) in [6.07, 6.45) is 2.36. The van der Waals surface area contributed by atoms with E-state index in [0.29, 0.717) is 29.4 Å². The first-order valence-corrected chi connectivity index (χ1v) is 7.67. The number of carboxylic acids is 1. The van der Waals surface area contributed by atoms with Crippen molar-refractivity contribution in [1.29, 1.82) is 0 Å². The van der Waals surface area contributed by atoms with Gasteiger partial charge in [-0.2, -0.15) is 0 Å². The highest BCUT2D eigenvalue weighted by atomic mass is 79.9. The van der Waals surface area contributed by atoms with E-state index in [1.165, 1.54) is 6.07 Å². The number of anilines is 1. The topological polar surface area (TPSA) is 66.4 Å². The molecule has 0 saturated heterocycles. The molecule has 4 nitrogen and oxygen atoms in total. The lowest BCUT2D eigenvalue weighted by Crippen LogP contribution is -2.31. The zero-order valence-electron chi connectivity index (χ0n) is 11.7. The van der Waals surface area contributed by atoms with Gasteiger partial charge in [0, 0.05) is 11.6 Å². The number of carboxylic acid groups (broad SMARTS) is 1. The molecule has 2 unspecified atom stereocenters. The van der Waals surface area contributed by atoms with E-state index in [2.05, 4.69) is 21.2 Å². The summed E-state index contributed by atoms with van der Waals surface area (Å²) in [7, 11) is 0. The lowest BCUT2D eigenvalue weighted by atomic mass is 9.81. The SMILES string of the molecule is Cc1cc(Br)c(F)cc1NC(=O)C1CCCC(C(=O)O)C1. The second kappa shape index (κ2) is 6.56. The minimum absolute atomic E-state index is 0.231. The van der Waals surface area contributed by atoms with E-state index < -0.39 is 17.7 Å². The van der Waals surface area contributed by atoms with E-state index in [1.807, 2.05) is 0 Å². The van der Waals surface area contributed by atoms with Gasteiger partial charge in [-0.15, -0.1) is 0 Å². The molecule has 0 aliphatic heterocycles. The summed E-state index contributed by atoms with van der Waals surface area (Å²) in [6.45, 7) is 1.78. The molecule has 0 bridgehead atoms. The third-order valence-corrected chi connectivity index (χ3v) is 4.53. The number of aliphatic carboxylic acids is 1. The average Bonchev–Trinajstić information content (AvgIpc) is 2.44. The van der Waals surface area contributed by atoms with E-state index in [-0.39, 0.29) is 11.8 Å². The van der Waals surface area contributed by atoms with Gasteiger partial charge in [-0.1, -0.05) is 6.42 Å². The van der Waals surface area contributed by atoms with Crippen LogP contribution in [0.25, 0.3) is 0 Å². The van der Waals surface area contributed by atoms with Gasteiger partial charge < -0.3 is 10.4 Å². The first kappa shape index (κ1) is 15.9. The van der Waals surface area contributed by atoms with Crippen molar-refractivity contribution < 1.29 is 19.1 Å². The predicted molar refractivity (Wildman–Crippen MR) is 80.6 cm³/mol. The Labute approximate surface area is 130 Å². The predicted octanol–water partition coefficient (Wildman–Crippen LogP) is 3.73. The second-order valence-corrected chi connectivity index (χ2v) is 6.32. The van der Waals surface area contributed by atoms with Gasteiger partial charge >= 0.3 is 5.97 Å². The summed E-state index contributed by atoms with van der Waals surface area (Å²) in [5.74, 6) is -2.31. The van der Waals surface area contributed by atoms with Crippen LogP contribution in [0.4, 0.5) is 10.1 Å². The van der Waals surface area contributed by atoms with Crippen LogP contribution in [0.1, 0.15) is 31.2 Å². The first-order chi connectivity index (χ1) is 9.88. The fourth-order valence-corrected chi connectivity index (χ4v) is 3.13. The molecule has 1 aliphatic carbocycles. The van der Waals surface area contributed by atoms with Gasteiger partial charge in [-0.3, -0.25) is 9.59 Å². The quantitative estimate of drug-likeness (QED) is 0.865. The molecule has 1 amide bonds. The minimum atomic E-state index is -0.849. The molecule has 0 heterocycles. The summed E-state index contributed by atoms with van der Waals surface area (Å²) < 4.78 is 13.9. The van der Waals surface area contributed by atoms with Crippen molar-refractivity contribution in [3.8, 4) is 0 Å². The average molecular weight is 358 g/mol. The van der Waals surface area contributed by atoms with Crippen molar-refractivity contribution in [2.45, 2.75) is 32.6 Å². The van der Waals surface area contributed by atoms with E-state index >= 15 is 0 Å². The summed E-state index contributed by atoms with van der Waals surface area (Å²) in [5.41, 5.74) is 1.18. The Morgan fingerprint density at radius 2 is 2.00 bits per heavy atom. The maximum Gasteiger partial charge on any atom is 0.306 e. The number of hydrogen-bond acceptors (Lipinski definition) is 2.